The van der Waals surface area contributed by atoms with E-state index in [0.29, 0.717) is 32.7 Å². The molecular formula is C24H22Cl2N4O5S. The van der Waals surface area contributed by atoms with Gasteiger partial charge in [-0.2, -0.15) is 5.10 Å². The number of hydrogen-bond donors (Lipinski definition) is 2. The molecule has 9 nitrogen and oxygen atoms in total. The van der Waals surface area contributed by atoms with E-state index >= 15 is 0 Å². The van der Waals surface area contributed by atoms with E-state index in [1.165, 1.54) is 30.5 Å². The van der Waals surface area contributed by atoms with Crippen LogP contribution in [0.5, 0.6) is 5.75 Å². The number of sulfonamides is 1. The van der Waals surface area contributed by atoms with Crippen molar-refractivity contribution in [3.8, 4) is 5.75 Å². The summed E-state index contributed by atoms with van der Waals surface area (Å²) in [7, 11) is -3.71. The minimum absolute atomic E-state index is 0.194. The Morgan fingerprint density at radius 1 is 0.972 bits per heavy atom. The van der Waals surface area contributed by atoms with Crippen molar-refractivity contribution in [2.75, 3.05) is 29.0 Å². The normalized spacial score (nSPS) is 11.2. The van der Waals surface area contributed by atoms with Crippen LogP contribution in [-0.2, 0) is 19.6 Å². The molecular weight excluding hydrogens is 527 g/mol. The van der Waals surface area contributed by atoms with Gasteiger partial charge in [0.05, 0.1) is 18.2 Å². The SMILES string of the molecule is CS(=O)(=O)N(CC(=O)N/N=C\c1ccc(OCC(=O)Nc2cccc(Cl)c2)cc1)c1ccc(Cl)cc1. The summed E-state index contributed by atoms with van der Waals surface area (Å²) in [5.41, 5.74) is 3.81. The predicted molar refractivity (Wildman–Crippen MR) is 141 cm³/mol. The third-order valence-electron chi connectivity index (χ3n) is 4.56. The van der Waals surface area contributed by atoms with Crippen molar-refractivity contribution in [2.24, 2.45) is 5.10 Å². The summed E-state index contributed by atoms with van der Waals surface area (Å²) in [4.78, 5) is 24.3. The van der Waals surface area contributed by atoms with Crippen molar-refractivity contribution in [1.29, 1.82) is 0 Å². The second-order valence-corrected chi connectivity index (χ2v) is 10.2. The van der Waals surface area contributed by atoms with E-state index in [2.05, 4.69) is 15.8 Å². The Labute approximate surface area is 218 Å². The second kappa shape index (κ2) is 12.4. The highest BCUT2D eigenvalue weighted by Crippen LogP contribution is 2.20. The Hall–Kier alpha value is -3.60. The summed E-state index contributed by atoms with van der Waals surface area (Å²) in [5.74, 6) is -0.506. The first-order valence-corrected chi connectivity index (χ1v) is 13.0. The van der Waals surface area contributed by atoms with E-state index < -0.39 is 22.5 Å². The molecule has 3 aromatic rings. The minimum Gasteiger partial charge on any atom is -0.484 e. The number of halogens is 2. The smallest absolute Gasteiger partial charge is 0.262 e. The highest BCUT2D eigenvalue weighted by molar-refractivity contribution is 7.92. The van der Waals surface area contributed by atoms with Crippen LogP contribution in [0.25, 0.3) is 0 Å². The number of carbonyl (C=O) groups is 2. The number of benzene rings is 3. The van der Waals surface area contributed by atoms with Gasteiger partial charge in [-0.1, -0.05) is 29.3 Å². The molecule has 0 saturated carbocycles. The highest BCUT2D eigenvalue weighted by atomic mass is 35.5. The molecule has 3 rings (SSSR count). The maximum Gasteiger partial charge on any atom is 0.262 e. The molecule has 0 spiro atoms. The fourth-order valence-corrected chi connectivity index (χ4v) is 4.09. The first-order valence-electron chi connectivity index (χ1n) is 10.4. The lowest BCUT2D eigenvalue weighted by molar-refractivity contribution is -0.119. The number of anilines is 2. The standard InChI is InChI=1S/C24H22Cl2N4O5S/c1-36(33,34)30(21-9-7-18(25)8-10-21)15-23(31)29-27-14-17-5-11-22(12-6-17)35-16-24(32)28-20-4-2-3-19(26)13-20/h2-14H,15-16H2,1H3,(H,28,32)(H,29,31)/b27-14-. The molecule has 0 atom stereocenters. The molecule has 0 radical (unpaired) electrons. The molecule has 2 N–H and O–H groups in total. The van der Waals surface area contributed by atoms with Crippen LogP contribution >= 0.6 is 23.2 Å². The van der Waals surface area contributed by atoms with Crippen molar-refractivity contribution in [3.63, 3.8) is 0 Å². The van der Waals surface area contributed by atoms with Crippen LogP contribution in [-0.4, -0.2) is 45.9 Å². The lowest BCUT2D eigenvalue weighted by Gasteiger charge is -2.21. The molecule has 3 aromatic carbocycles. The molecule has 0 bridgehead atoms. The number of carbonyl (C=O) groups excluding carboxylic acids is 2. The molecule has 12 heteroatoms. The minimum atomic E-state index is -3.71. The van der Waals surface area contributed by atoms with E-state index in [-0.39, 0.29) is 12.5 Å². The van der Waals surface area contributed by atoms with Crippen LogP contribution in [0, 0.1) is 0 Å². The zero-order valence-corrected chi connectivity index (χ0v) is 21.3. The lowest BCUT2D eigenvalue weighted by atomic mass is 10.2. The van der Waals surface area contributed by atoms with Gasteiger partial charge >= 0.3 is 0 Å². The first-order chi connectivity index (χ1) is 17.1. The van der Waals surface area contributed by atoms with Crippen molar-refractivity contribution in [2.45, 2.75) is 0 Å². The van der Waals surface area contributed by atoms with Crippen molar-refractivity contribution >= 4 is 62.6 Å². The van der Waals surface area contributed by atoms with Crippen molar-refractivity contribution < 1.29 is 22.7 Å². The van der Waals surface area contributed by atoms with E-state index in [0.717, 1.165) is 10.6 Å². The largest absolute Gasteiger partial charge is 0.484 e. The van der Waals surface area contributed by atoms with Gasteiger partial charge in [-0.3, -0.25) is 13.9 Å². The zero-order valence-electron chi connectivity index (χ0n) is 19.0. The number of hydrazone groups is 1. The van der Waals surface area contributed by atoms with Gasteiger partial charge < -0.3 is 10.1 Å². The molecule has 0 aliphatic heterocycles. The molecule has 36 heavy (non-hydrogen) atoms. The van der Waals surface area contributed by atoms with Crippen molar-refractivity contribution in [1.82, 2.24) is 5.43 Å². The summed E-state index contributed by atoms with van der Waals surface area (Å²) < 4.78 is 30.6. The molecule has 0 fully saturated rings. The Kier molecular flexibility index (Phi) is 9.29. The summed E-state index contributed by atoms with van der Waals surface area (Å²) in [6, 6.07) is 19.5. The van der Waals surface area contributed by atoms with Crippen LogP contribution in [0.1, 0.15) is 5.56 Å². The van der Waals surface area contributed by atoms with E-state index in [1.54, 1.807) is 48.5 Å². The third kappa shape index (κ3) is 8.56. The molecule has 0 aliphatic carbocycles. The third-order valence-corrected chi connectivity index (χ3v) is 6.19. The Balaban J connectivity index is 1.49. The topological polar surface area (TPSA) is 117 Å². The fourth-order valence-electron chi connectivity index (χ4n) is 2.91. The second-order valence-electron chi connectivity index (χ2n) is 7.46. The number of nitrogens with one attached hydrogen (secondary N) is 2. The lowest BCUT2D eigenvalue weighted by Crippen LogP contribution is -2.38. The predicted octanol–water partition coefficient (Wildman–Crippen LogP) is 3.93. The maximum absolute atomic E-state index is 12.3. The van der Waals surface area contributed by atoms with Crippen LogP contribution in [0.3, 0.4) is 0 Å². The van der Waals surface area contributed by atoms with Gasteiger partial charge in [-0.25, -0.2) is 13.8 Å². The average molecular weight is 549 g/mol. The Bertz CT molecular complexity index is 1350. The van der Waals surface area contributed by atoms with E-state index in [9.17, 15) is 18.0 Å². The number of nitrogens with zero attached hydrogens (tertiary/aromatic N) is 2. The molecule has 0 aliphatic rings. The molecule has 188 valence electrons. The quantitative estimate of drug-likeness (QED) is 0.294. The molecule has 2 amide bonds. The molecule has 0 saturated heterocycles. The average Bonchev–Trinajstić information content (AvgIpc) is 2.82. The van der Waals surface area contributed by atoms with E-state index in [1.807, 2.05) is 0 Å². The number of ether oxygens (including phenoxy) is 1. The van der Waals surface area contributed by atoms with Gasteiger partial charge in [0.15, 0.2) is 6.61 Å². The molecule has 0 aromatic heterocycles. The van der Waals surface area contributed by atoms with Crippen molar-refractivity contribution in [3.05, 3.63) is 88.4 Å². The molecule has 0 heterocycles. The van der Waals surface area contributed by atoms with Crippen LogP contribution in [0.4, 0.5) is 11.4 Å². The Morgan fingerprint density at radius 2 is 1.67 bits per heavy atom. The first kappa shape index (κ1) is 27.0. The summed E-state index contributed by atoms with van der Waals surface area (Å²) in [6.07, 6.45) is 2.39. The number of amides is 2. The number of hydrogen-bond acceptors (Lipinski definition) is 6. The fraction of sp³-hybridized carbons (Fsp3) is 0.125. The monoisotopic (exact) mass is 548 g/mol. The molecule has 0 unspecified atom stereocenters. The Morgan fingerprint density at radius 3 is 2.31 bits per heavy atom. The summed E-state index contributed by atoms with van der Waals surface area (Å²) in [6.45, 7) is -0.650. The maximum atomic E-state index is 12.3. The van der Waals surface area contributed by atoms with Crippen LogP contribution < -0.4 is 19.8 Å². The van der Waals surface area contributed by atoms with Gasteiger partial charge in [0, 0.05) is 15.7 Å². The van der Waals surface area contributed by atoms with Gasteiger partial charge in [0.1, 0.15) is 12.3 Å². The highest BCUT2D eigenvalue weighted by Gasteiger charge is 2.20. The van der Waals surface area contributed by atoms with Crippen LogP contribution in [0.2, 0.25) is 10.0 Å². The summed E-state index contributed by atoms with van der Waals surface area (Å²) in [5, 5.41) is 7.49. The summed E-state index contributed by atoms with van der Waals surface area (Å²) >= 11 is 11.7. The number of rotatable bonds is 10. The van der Waals surface area contributed by atoms with Gasteiger partial charge in [0.2, 0.25) is 10.0 Å². The zero-order chi connectivity index (χ0) is 26.1. The van der Waals surface area contributed by atoms with Gasteiger partial charge in [-0.15, -0.1) is 0 Å². The van der Waals surface area contributed by atoms with Gasteiger partial charge in [0.25, 0.3) is 11.8 Å². The van der Waals surface area contributed by atoms with Gasteiger partial charge in [-0.05, 0) is 72.3 Å². The van der Waals surface area contributed by atoms with Crippen LogP contribution in [0.15, 0.2) is 77.9 Å². The van der Waals surface area contributed by atoms with E-state index in [4.69, 9.17) is 27.9 Å².